The average Bonchev–Trinajstić information content (AvgIpc) is 3.76. The summed E-state index contributed by atoms with van der Waals surface area (Å²) in [4.78, 5) is 15.2. The van der Waals surface area contributed by atoms with Gasteiger partial charge in [0.05, 0.1) is 39.5 Å². The highest BCUT2D eigenvalue weighted by molar-refractivity contribution is 6.30. The normalized spacial score (nSPS) is 20.4. The molecule has 1 unspecified atom stereocenters. The van der Waals surface area contributed by atoms with Gasteiger partial charge in [-0.2, -0.15) is 13.2 Å². The van der Waals surface area contributed by atoms with E-state index in [9.17, 15) is 18.0 Å². The van der Waals surface area contributed by atoms with E-state index in [-0.39, 0.29) is 18.7 Å². The molecule has 40 heavy (non-hydrogen) atoms. The predicted octanol–water partition coefficient (Wildman–Crippen LogP) is 7.20. The molecular weight excluding hydrogens is 547 g/mol. The summed E-state index contributed by atoms with van der Waals surface area (Å²) in [6, 6.07) is 15.3. The Morgan fingerprint density at radius 1 is 1.00 bits per heavy atom. The lowest BCUT2D eigenvalue weighted by Crippen LogP contribution is -2.31. The van der Waals surface area contributed by atoms with Crippen LogP contribution in [0.2, 0.25) is 5.02 Å². The minimum Gasteiger partial charge on any atom is -0.497 e. The van der Waals surface area contributed by atoms with Gasteiger partial charge in [-0.3, -0.25) is 4.79 Å². The molecule has 0 N–H and O–H groups in total. The highest BCUT2D eigenvalue weighted by Crippen LogP contribution is 2.60. The van der Waals surface area contributed by atoms with Gasteiger partial charge in [-0.05, 0) is 42.8 Å². The second kappa shape index (κ2) is 10.6. The number of hydrogen-bond acceptors (Lipinski definition) is 5. The summed E-state index contributed by atoms with van der Waals surface area (Å²) in [6.45, 7) is 3.97. The van der Waals surface area contributed by atoms with Crippen molar-refractivity contribution in [1.29, 1.82) is 0 Å². The van der Waals surface area contributed by atoms with Gasteiger partial charge in [0, 0.05) is 39.3 Å². The van der Waals surface area contributed by atoms with Crippen LogP contribution in [0.1, 0.15) is 40.7 Å². The van der Waals surface area contributed by atoms with E-state index in [2.05, 4.69) is 6.58 Å². The number of anilines is 1. The molecule has 1 saturated carbocycles. The second-order valence-corrected chi connectivity index (χ2v) is 10.1. The molecule has 6 nitrogen and oxygen atoms in total. The van der Waals surface area contributed by atoms with Gasteiger partial charge < -0.3 is 23.8 Å². The molecule has 2 aliphatic rings. The summed E-state index contributed by atoms with van der Waals surface area (Å²) >= 11 is 6.41. The number of carbonyl (C=O) groups excluding carboxylic acids is 1. The Hall–Kier alpha value is -3.85. The summed E-state index contributed by atoms with van der Waals surface area (Å²) in [7, 11) is 4.48. The van der Waals surface area contributed by atoms with Crippen LogP contribution in [0, 0.1) is 5.92 Å². The topological polar surface area (TPSA) is 57.2 Å². The molecule has 0 saturated heterocycles. The van der Waals surface area contributed by atoms with Crippen molar-refractivity contribution >= 4 is 23.2 Å². The highest BCUT2D eigenvalue weighted by Gasteiger charge is 2.57. The van der Waals surface area contributed by atoms with Crippen molar-refractivity contribution in [2.75, 3.05) is 26.2 Å². The van der Waals surface area contributed by atoms with E-state index in [1.165, 1.54) is 19.1 Å². The number of fused-ring (bicyclic) bond motifs is 1. The number of alkyl halides is 3. The largest absolute Gasteiger partial charge is 0.497 e. The fraction of sp³-hybridized carbons (Fsp3) is 0.300. The molecule has 0 bridgehead atoms. The van der Waals surface area contributed by atoms with Crippen LogP contribution in [0.3, 0.4) is 0 Å². The lowest BCUT2D eigenvalue weighted by Gasteiger charge is -2.25. The van der Waals surface area contributed by atoms with E-state index < -0.39 is 30.0 Å². The van der Waals surface area contributed by atoms with Crippen LogP contribution in [0.25, 0.3) is 0 Å². The monoisotopic (exact) mass is 573 g/mol. The number of rotatable bonds is 7. The molecule has 210 valence electrons. The Morgan fingerprint density at radius 3 is 2.40 bits per heavy atom. The third kappa shape index (κ3) is 5.06. The van der Waals surface area contributed by atoms with E-state index in [1.54, 1.807) is 61.7 Å². The van der Waals surface area contributed by atoms with Crippen LogP contribution >= 0.6 is 11.6 Å². The van der Waals surface area contributed by atoms with Gasteiger partial charge >= 0.3 is 6.18 Å². The second-order valence-electron chi connectivity index (χ2n) is 9.65. The lowest BCUT2D eigenvalue weighted by atomic mass is 9.91. The Balaban J connectivity index is 1.64. The van der Waals surface area contributed by atoms with Crippen molar-refractivity contribution in [1.82, 2.24) is 0 Å². The third-order valence-corrected chi connectivity index (χ3v) is 7.55. The Morgan fingerprint density at radius 2 is 1.75 bits per heavy atom. The zero-order chi connectivity index (χ0) is 28.8. The van der Waals surface area contributed by atoms with Gasteiger partial charge in [-0.15, -0.1) is 0 Å². The van der Waals surface area contributed by atoms with E-state index in [0.717, 1.165) is 0 Å². The Labute approximate surface area is 234 Å². The van der Waals surface area contributed by atoms with Crippen LogP contribution < -0.4 is 19.1 Å². The zero-order valence-electron chi connectivity index (χ0n) is 22.0. The number of nitrogens with zero attached hydrogens (tertiary/aromatic N) is 1. The first kappa shape index (κ1) is 27.7. The van der Waals surface area contributed by atoms with E-state index in [1.807, 2.05) is 0 Å². The summed E-state index contributed by atoms with van der Waals surface area (Å²) in [5, 5.41) is 0.373. The van der Waals surface area contributed by atoms with E-state index in [4.69, 9.17) is 30.5 Å². The molecule has 1 fully saturated rings. The summed E-state index contributed by atoms with van der Waals surface area (Å²) in [5.74, 6) is -1.54. The number of amides is 1. The quantitative estimate of drug-likeness (QED) is 0.280. The molecule has 3 aromatic carbocycles. The van der Waals surface area contributed by atoms with Crippen LogP contribution in [0.5, 0.6) is 17.2 Å². The van der Waals surface area contributed by atoms with Gasteiger partial charge in [-0.25, -0.2) is 0 Å². The maximum Gasteiger partial charge on any atom is 0.392 e. The Bertz CT molecular complexity index is 1470. The van der Waals surface area contributed by atoms with Crippen LogP contribution in [-0.2, 0) is 16.1 Å². The van der Waals surface area contributed by atoms with E-state index in [0.29, 0.717) is 50.2 Å². The van der Waals surface area contributed by atoms with Gasteiger partial charge in [0.1, 0.15) is 17.2 Å². The third-order valence-electron chi connectivity index (χ3n) is 7.31. The van der Waals surface area contributed by atoms with Gasteiger partial charge in [0.25, 0.3) is 5.91 Å². The molecule has 1 heterocycles. The standard InChI is InChI=1S/C30H27ClF3NO5/c1-16-29(36)35(15-17-8-10-19(37-2)13-26(17)39-4)24-11-9-18(31)12-22(24)28(40-16)20-6-5-7-25(38-3)27(20)21-14-23(21)30(32,33)34/h5-13,21,23,28H,1,14-15H2,2-4H3/t21-,23?,28-/m1/s1. The molecular formula is C30H27ClF3NO5. The minimum atomic E-state index is -4.35. The highest BCUT2D eigenvalue weighted by atomic mass is 35.5. The summed E-state index contributed by atoms with van der Waals surface area (Å²) in [5.41, 5.74) is 2.53. The van der Waals surface area contributed by atoms with Crippen LogP contribution in [0.15, 0.2) is 66.9 Å². The molecule has 0 spiro atoms. The zero-order valence-corrected chi connectivity index (χ0v) is 22.8. The fourth-order valence-corrected chi connectivity index (χ4v) is 5.46. The van der Waals surface area contributed by atoms with Crippen LogP contribution in [-0.4, -0.2) is 33.4 Å². The molecule has 0 radical (unpaired) electrons. The lowest BCUT2D eigenvalue weighted by molar-refractivity contribution is -0.148. The molecule has 3 aromatic rings. The maximum atomic E-state index is 13.7. The minimum absolute atomic E-state index is 0.0603. The molecule has 1 amide bonds. The number of carbonyl (C=O) groups is 1. The molecule has 5 rings (SSSR count). The molecule has 10 heteroatoms. The molecule has 3 atom stereocenters. The molecule has 1 aliphatic heterocycles. The number of hydrogen-bond donors (Lipinski definition) is 0. The first-order valence-electron chi connectivity index (χ1n) is 12.5. The molecule has 0 aromatic heterocycles. The number of methoxy groups -OCH3 is 3. The molecule has 1 aliphatic carbocycles. The smallest absolute Gasteiger partial charge is 0.392 e. The van der Waals surface area contributed by atoms with Crippen LogP contribution in [0.4, 0.5) is 18.9 Å². The van der Waals surface area contributed by atoms with Crippen molar-refractivity contribution in [3.05, 3.63) is 94.2 Å². The summed E-state index contributed by atoms with van der Waals surface area (Å²) in [6.07, 6.45) is -5.37. The number of ether oxygens (including phenoxy) is 4. The van der Waals surface area contributed by atoms with Crippen molar-refractivity contribution in [3.8, 4) is 17.2 Å². The van der Waals surface area contributed by atoms with Crippen molar-refractivity contribution in [2.24, 2.45) is 5.92 Å². The first-order valence-corrected chi connectivity index (χ1v) is 12.9. The van der Waals surface area contributed by atoms with Gasteiger partial charge in [0.15, 0.2) is 11.9 Å². The summed E-state index contributed by atoms with van der Waals surface area (Å²) < 4.78 is 63.4. The Kier molecular flexibility index (Phi) is 7.35. The van der Waals surface area contributed by atoms with Crippen molar-refractivity contribution in [3.63, 3.8) is 0 Å². The SMILES string of the molecule is C=C1O[C@H](c2cccc(OC)c2[C@@H]2CC2C(F)(F)F)c2cc(Cl)ccc2N(Cc2ccc(OC)cc2OC)C1=O. The van der Waals surface area contributed by atoms with Gasteiger partial charge in [0.2, 0.25) is 0 Å². The maximum absolute atomic E-state index is 13.7. The number of benzene rings is 3. The van der Waals surface area contributed by atoms with E-state index >= 15 is 0 Å². The van der Waals surface area contributed by atoms with Crippen molar-refractivity contribution in [2.45, 2.75) is 31.2 Å². The van der Waals surface area contributed by atoms with Gasteiger partial charge in [-0.1, -0.05) is 30.3 Å². The predicted molar refractivity (Wildman–Crippen MR) is 144 cm³/mol. The fourth-order valence-electron chi connectivity index (χ4n) is 5.28. The van der Waals surface area contributed by atoms with Crippen molar-refractivity contribution < 1.29 is 36.9 Å². The average molecular weight is 574 g/mol. The number of halogens is 4. The first-order chi connectivity index (χ1) is 19.1.